The van der Waals surface area contributed by atoms with Crippen LogP contribution in [0.15, 0.2) is 30.3 Å². The summed E-state index contributed by atoms with van der Waals surface area (Å²) in [6.07, 6.45) is 0.898. The number of carbonyl (C=O) groups is 1. The Morgan fingerprint density at radius 2 is 2.00 bits per heavy atom. The predicted molar refractivity (Wildman–Crippen MR) is 55.1 cm³/mol. The average Bonchev–Trinajstić information content (AvgIpc) is 2.88. The zero-order chi connectivity index (χ0) is 10.8. The van der Waals surface area contributed by atoms with Crippen molar-refractivity contribution in [3.63, 3.8) is 0 Å². The van der Waals surface area contributed by atoms with Crippen LogP contribution in [0.25, 0.3) is 0 Å². The molecule has 1 fully saturated rings. The fraction of sp³-hybridized carbons (Fsp3) is 0.417. The van der Waals surface area contributed by atoms with E-state index in [1.807, 2.05) is 30.0 Å². The molecule has 3 atom stereocenters. The standard InChI is InChI=1S/C12H15NO2.Na/c1-9-11(12(14)15)13(9)8-7-10-5-3-2-4-6-10;/h2-6,9,11H,7-8H2,1H3,(H,14,15);/q;+1/p-1/t9-,11-,13?;/m0./s1. The van der Waals surface area contributed by atoms with E-state index in [0.29, 0.717) is 0 Å². The first-order valence-electron chi connectivity index (χ1n) is 5.20. The van der Waals surface area contributed by atoms with Gasteiger partial charge in [0.05, 0.1) is 12.0 Å². The van der Waals surface area contributed by atoms with Crippen molar-refractivity contribution >= 4 is 5.97 Å². The molecule has 1 heterocycles. The Morgan fingerprint density at radius 1 is 1.38 bits per heavy atom. The van der Waals surface area contributed by atoms with Gasteiger partial charge in [-0.25, -0.2) is 0 Å². The molecule has 2 rings (SSSR count). The fourth-order valence-corrected chi connectivity index (χ4v) is 1.99. The number of aliphatic carboxylic acids is 1. The monoisotopic (exact) mass is 227 g/mol. The summed E-state index contributed by atoms with van der Waals surface area (Å²) in [5, 5.41) is 10.6. The number of hydrogen-bond acceptors (Lipinski definition) is 3. The predicted octanol–water partition coefficient (Wildman–Crippen LogP) is -2.94. The molecule has 1 aromatic carbocycles. The van der Waals surface area contributed by atoms with Crippen molar-refractivity contribution in [3.8, 4) is 0 Å². The second-order valence-electron chi connectivity index (χ2n) is 3.98. The Bertz CT molecular complexity index is 355. The van der Waals surface area contributed by atoms with Gasteiger partial charge >= 0.3 is 29.6 Å². The number of nitrogens with zero attached hydrogens (tertiary/aromatic N) is 1. The number of hydrogen-bond donors (Lipinski definition) is 0. The molecule has 80 valence electrons. The Hall–Kier alpha value is -0.350. The van der Waals surface area contributed by atoms with Crippen molar-refractivity contribution in [2.75, 3.05) is 6.54 Å². The normalized spacial score (nSPS) is 26.9. The number of rotatable bonds is 4. The molecule has 1 saturated heterocycles. The maximum absolute atomic E-state index is 10.6. The summed E-state index contributed by atoms with van der Waals surface area (Å²) in [4.78, 5) is 12.6. The molecular weight excluding hydrogens is 213 g/mol. The zero-order valence-electron chi connectivity index (χ0n) is 9.72. The van der Waals surface area contributed by atoms with Crippen molar-refractivity contribution in [3.05, 3.63) is 35.9 Å². The van der Waals surface area contributed by atoms with Gasteiger partial charge in [-0.3, -0.25) is 4.90 Å². The van der Waals surface area contributed by atoms with Crippen molar-refractivity contribution < 1.29 is 39.5 Å². The smallest absolute Gasteiger partial charge is 0.548 e. The van der Waals surface area contributed by atoms with Crippen molar-refractivity contribution in [2.24, 2.45) is 0 Å². The van der Waals surface area contributed by atoms with E-state index in [1.165, 1.54) is 5.56 Å². The number of carbonyl (C=O) groups excluding carboxylic acids is 1. The van der Waals surface area contributed by atoms with Gasteiger partial charge in [-0.15, -0.1) is 0 Å². The molecule has 0 saturated carbocycles. The first kappa shape index (κ1) is 13.7. The molecule has 0 aromatic heterocycles. The van der Waals surface area contributed by atoms with Gasteiger partial charge < -0.3 is 9.90 Å². The van der Waals surface area contributed by atoms with E-state index in [9.17, 15) is 9.90 Å². The topological polar surface area (TPSA) is 43.1 Å². The summed E-state index contributed by atoms with van der Waals surface area (Å²) in [5.74, 6) is -0.949. The summed E-state index contributed by atoms with van der Waals surface area (Å²) in [7, 11) is 0. The Morgan fingerprint density at radius 3 is 2.50 bits per heavy atom. The fourth-order valence-electron chi connectivity index (χ4n) is 1.99. The van der Waals surface area contributed by atoms with Crippen LogP contribution >= 0.6 is 0 Å². The maximum Gasteiger partial charge on any atom is 1.00 e. The molecule has 0 amide bonds. The molecule has 1 aromatic rings. The third-order valence-corrected chi connectivity index (χ3v) is 2.99. The zero-order valence-corrected chi connectivity index (χ0v) is 11.7. The molecule has 1 unspecified atom stereocenters. The maximum atomic E-state index is 10.6. The molecule has 3 nitrogen and oxygen atoms in total. The number of carboxylic acids is 1. The van der Waals surface area contributed by atoms with Crippen molar-refractivity contribution in [1.82, 2.24) is 4.90 Å². The third kappa shape index (κ3) is 3.08. The van der Waals surface area contributed by atoms with E-state index in [-0.39, 0.29) is 41.6 Å². The van der Waals surface area contributed by atoms with Crippen LogP contribution in [0, 0.1) is 0 Å². The van der Waals surface area contributed by atoms with Crippen LogP contribution < -0.4 is 34.7 Å². The van der Waals surface area contributed by atoms with Crippen LogP contribution in [0.2, 0.25) is 0 Å². The number of carboxylic acid groups (broad SMARTS) is 1. The van der Waals surface area contributed by atoms with Crippen molar-refractivity contribution in [2.45, 2.75) is 25.4 Å². The summed E-state index contributed by atoms with van der Waals surface area (Å²) in [5.41, 5.74) is 1.24. The number of benzene rings is 1. The Kier molecular flexibility index (Phi) is 4.99. The summed E-state index contributed by atoms with van der Waals surface area (Å²) in [6, 6.07) is 9.86. The minimum atomic E-state index is -0.949. The van der Waals surface area contributed by atoms with Gasteiger partial charge in [-0.2, -0.15) is 0 Å². The molecule has 0 radical (unpaired) electrons. The van der Waals surface area contributed by atoms with Crippen LogP contribution in [-0.2, 0) is 11.2 Å². The third-order valence-electron chi connectivity index (χ3n) is 2.99. The van der Waals surface area contributed by atoms with E-state index in [4.69, 9.17) is 0 Å². The van der Waals surface area contributed by atoms with Gasteiger partial charge in [0.1, 0.15) is 0 Å². The molecular formula is C12H14NNaO2. The second-order valence-corrected chi connectivity index (χ2v) is 3.98. The van der Waals surface area contributed by atoms with Crippen LogP contribution in [-0.4, -0.2) is 29.5 Å². The van der Waals surface area contributed by atoms with E-state index < -0.39 is 5.97 Å². The van der Waals surface area contributed by atoms with Crippen LogP contribution in [0.3, 0.4) is 0 Å². The molecule has 0 bridgehead atoms. The quantitative estimate of drug-likeness (QED) is 0.408. The SMILES string of the molecule is C[C@H]1[C@@H](C(=O)[O-])N1CCc1ccccc1.[Na+]. The first-order valence-corrected chi connectivity index (χ1v) is 5.20. The Labute approximate surface area is 118 Å². The average molecular weight is 227 g/mol. The molecule has 0 spiro atoms. The van der Waals surface area contributed by atoms with Gasteiger partial charge in [0.25, 0.3) is 0 Å². The van der Waals surface area contributed by atoms with Gasteiger partial charge in [0.15, 0.2) is 0 Å². The largest absolute Gasteiger partial charge is 1.00 e. The molecule has 0 aliphatic carbocycles. The molecule has 4 heteroatoms. The molecule has 16 heavy (non-hydrogen) atoms. The second kappa shape index (κ2) is 5.82. The van der Waals surface area contributed by atoms with Gasteiger partial charge in [0.2, 0.25) is 0 Å². The van der Waals surface area contributed by atoms with E-state index in [2.05, 4.69) is 12.1 Å². The van der Waals surface area contributed by atoms with Crippen molar-refractivity contribution in [1.29, 1.82) is 0 Å². The van der Waals surface area contributed by atoms with E-state index >= 15 is 0 Å². The summed E-state index contributed by atoms with van der Waals surface area (Å²) < 4.78 is 0. The summed E-state index contributed by atoms with van der Waals surface area (Å²) >= 11 is 0. The molecule has 1 aliphatic rings. The first-order chi connectivity index (χ1) is 7.20. The van der Waals surface area contributed by atoms with Gasteiger partial charge in [-0.1, -0.05) is 30.3 Å². The van der Waals surface area contributed by atoms with Crippen LogP contribution in [0.4, 0.5) is 0 Å². The molecule has 1 aliphatic heterocycles. The van der Waals surface area contributed by atoms with Crippen LogP contribution in [0.5, 0.6) is 0 Å². The summed E-state index contributed by atoms with van der Waals surface area (Å²) in [6.45, 7) is 2.72. The Balaban J connectivity index is 0.00000128. The minimum Gasteiger partial charge on any atom is -0.548 e. The van der Waals surface area contributed by atoms with E-state index in [1.54, 1.807) is 0 Å². The van der Waals surface area contributed by atoms with E-state index in [0.717, 1.165) is 13.0 Å². The minimum absolute atomic E-state index is 0. The van der Waals surface area contributed by atoms with Gasteiger partial charge in [-0.05, 0) is 18.9 Å². The van der Waals surface area contributed by atoms with Gasteiger partial charge in [0, 0.05) is 12.6 Å². The van der Waals surface area contributed by atoms with Crippen LogP contribution in [0.1, 0.15) is 12.5 Å². The molecule has 0 N–H and O–H groups in total.